The van der Waals surface area contributed by atoms with Crippen LogP contribution < -0.4 is 4.90 Å². The van der Waals surface area contributed by atoms with Gasteiger partial charge >= 0.3 is 0 Å². The van der Waals surface area contributed by atoms with Crippen molar-refractivity contribution in [3.8, 4) is 33.4 Å². The highest BCUT2D eigenvalue weighted by Gasteiger charge is 2.51. The zero-order chi connectivity index (χ0) is 46.5. The number of fused-ring (bicyclic) bond motifs is 6. The molecule has 0 N–H and O–H groups in total. The number of anilines is 3. The van der Waals surface area contributed by atoms with E-state index in [2.05, 4.69) is 290 Å². The molecule has 330 valence electrons. The molecule has 0 amide bonds. The van der Waals surface area contributed by atoms with Crippen molar-refractivity contribution in [1.82, 2.24) is 0 Å². The molecule has 0 aromatic heterocycles. The van der Waals surface area contributed by atoms with E-state index in [9.17, 15) is 0 Å². The van der Waals surface area contributed by atoms with Crippen molar-refractivity contribution < 1.29 is 0 Å². The average Bonchev–Trinajstić information content (AvgIpc) is 3.75. The normalized spacial score (nSPS) is 13.6. The van der Waals surface area contributed by atoms with Crippen molar-refractivity contribution in [3.05, 3.63) is 330 Å². The van der Waals surface area contributed by atoms with E-state index in [4.69, 9.17) is 0 Å². The quantitative estimate of drug-likeness (QED) is 0.142. The van der Waals surface area contributed by atoms with Crippen molar-refractivity contribution in [1.29, 1.82) is 0 Å². The van der Waals surface area contributed by atoms with Crippen LogP contribution in [0.15, 0.2) is 295 Å². The van der Waals surface area contributed by atoms with E-state index in [1.54, 1.807) is 0 Å². The average molecular weight is 910 g/mol. The van der Waals surface area contributed by atoms with Crippen LogP contribution in [0.3, 0.4) is 0 Å². The van der Waals surface area contributed by atoms with E-state index in [-0.39, 0.29) is 0 Å². The van der Waals surface area contributed by atoms with Gasteiger partial charge in [-0.1, -0.05) is 254 Å². The standard InChI is InChI=1S/C68H47NS/c1-7-21-48(22-8-1)50-35-39-56(40-36-50)69(57-41-37-51(38-42-57)49-23-9-2-10-24-49)58-43-44-59-63(47-58)68(54-29-15-5-16-30-54,55-31-17-6-18-32-55)61-45-46-62-66(65(59)61)70-64-34-20-19-33-60(64)67(62,52-25-11-3-12-26-52)53-27-13-4-14-28-53/h1-47H. The number of benzene rings is 11. The summed E-state index contributed by atoms with van der Waals surface area (Å²) in [5.74, 6) is 0. The molecule has 0 saturated heterocycles. The Labute approximate surface area is 415 Å². The molecule has 0 spiro atoms. The highest BCUT2D eigenvalue weighted by molar-refractivity contribution is 7.99. The van der Waals surface area contributed by atoms with Gasteiger partial charge in [-0.3, -0.25) is 0 Å². The fourth-order valence-corrected chi connectivity index (χ4v) is 13.0. The zero-order valence-electron chi connectivity index (χ0n) is 38.5. The molecule has 1 aliphatic carbocycles. The van der Waals surface area contributed by atoms with Crippen molar-refractivity contribution in [3.63, 3.8) is 0 Å². The van der Waals surface area contributed by atoms with Crippen molar-refractivity contribution >= 4 is 28.8 Å². The van der Waals surface area contributed by atoms with E-state index in [1.807, 2.05) is 11.8 Å². The maximum Gasteiger partial charge on any atom is 0.0723 e. The van der Waals surface area contributed by atoms with Crippen LogP contribution in [0.5, 0.6) is 0 Å². The molecule has 13 rings (SSSR count). The van der Waals surface area contributed by atoms with E-state index < -0.39 is 10.8 Å². The molecule has 0 atom stereocenters. The smallest absolute Gasteiger partial charge is 0.0723 e. The van der Waals surface area contributed by atoms with Gasteiger partial charge in [-0.05, 0) is 115 Å². The first kappa shape index (κ1) is 41.7. The minimum atomic E-state index is -0.641. The highest BCUT2D eigenvalue weighted by Crippen LogP contribution is 2.64. The maximum atomic E-state index is 2.50. The zero-order valence-corrected chi connectivity index (χ0v) is 39.3. The summed E-state index contributed by atoms with van der Waals surface area (Å²) in [6.45, 7) is 0. The van der Waals surface area contributed by atoms with Crippen molar-refractivity contribution in [2.45, 2.75) is 20.6 Å². The second-order valence-electron chi connectivity index (χ2n) is 18.3. The third-order valence-corrected chi connectivity index (χ3v) is 15.9. The number of rotatable bonds is 9. The van der Waals surface area contributed by atoms with Crippen molar-refractivity contribution in [2.75, 3.05) is 4.90 Å². The first-order valence-electron chi connectivity index (χ1n) is 24.2. The van der Waals surface area contributed by atoms with Crippen LogP contribution in [-0.2, 0) is 10.8 Å². The number of nitrogens with zero attached hydrogens (tertiary/aromatic N) is 1. The predicted molar refractivity (Wildman–Crippen MR) is 292 cm³/mol. The Kier molecular flexibility index (Phi) is 10.3. The fourth-order valence-electron chi connectivity index (χ4n) is 11.7. The van der Waals surface area contributed by atoms with Crippen LogP contribution in [0.1, 0.15) is 44.5 Å². The molecule has 2 heteroatoms. The van der Waals surface area contributed by atoms with Gasteiger partial charge in [-0.2, -0.15) is 0 Å². The lowest BCUT2D eigenvalue weighted by Gasteiger charge is -2.43. The first-order chi connectivity index (χ1) is 34.7. The summed E-state index contributed by atoms with van der Waals surface area (Å²) in [6, 6.07) is 105. The Balaban J connectivity index is 1.09. The molecule has 0 radical (unpaired) electrons. The summed E-state index contributed by atoms with van der Waals surface area (Å²) >= 11 is 1.93. The fraction of sp³-hybridized carbons (Fsp3) is 0.0294. The van der Waals surface area contributed by atoms with Gasteiger partial charge in [0.25, 0.3) is 0 Å². The van der Waals surface area contributed by atoms with E-state index in [1.165, 1.54) is 87.7 Å². The van der Waals surface area contributed by atoms with Gasteiger partial charge in [0.2, 0.25) is 0 Å². The summed E-state index contributed by atoms with van der Waals surface area (Å²) in [7, 11) is 0. The van der Waals surface area contributed by atoms with Gasteiger partial charge in [0.1, 0.15) is 0 Å². The second-order valence-corrected chi connectivity index (χ2v) is 19.4. The molecule has 70 heavy (non-hydrogen) atoms. The first-order valence-corrected chi connectivity index (χ1v) is 25.0. The van der Waals surface area contributed by atoms with E-state index in [0.29, 0.717) is 0 Å². The minimum absolute atomic E-state index is 0.561. The Hall–Kier alpha value is -8.43. The van der Waals surface area contributed by atoms with E-state index >= 15 is 0 Å². The highest BCUT2D eigenvalue weighted by atomic mass is 32.2. The molecule has 11 aromatic carbocycles. The lowest BCUT2D eigenvalue weighted by atomic mass is 9.63. The summed E-state index contributed by atoms with van der Waals surface area (Å²) < 4.78 is 0. The number of hydrogen-bond acceptors (Lipinski definition) is 2. The summed E-state index contributed by atoms with van der Waals surface area (Å²) in [4.78, 5) is 5.01. The molecule has 2 aliphatic rings. The molecule has 1 nitrogen and oxygen atoms in total. The van der Waals surface area contributed by atoms with Crippen LogP contribution in [0, 0.1) is 0 Å². The van der Waals surface area contributed by atoms with Gasteiger partial charge in [-0.15, -0.1) is 0 Å². The second kappa shape index (κ2) is 17.3. The molecule has 0 unspecified atom stereocenters. The maximum absolute atomic E-state index is 2.50. The largest absolute Gasteiger partial charge is 0.310 e. The third-order valence-electron chi connectivity index (χ3n) is 14.7. The SMILES string of the molecule is c1ccc(-c2ccc(N(c3ccc(-c4ccccc4)cc3)c3ccc4c(c3)C(c3ccccc3)(c3ccccc3)c3ccc5c(c3-4)Sc3ccccc3C5(c3ccccc3)c3ccccc3)cc2)cc1. The Morgan fingerprint density at radius 2 is 0.643 bits per heavy atom. The summed E-state index contributed by atoms with van der Waals surface area (Å²) in [6.07, 6.45) is 0. The minimum Gasteiger partial charge on any atom is -0.310 e. The van der Waals surface area contributed by atoms with Gasteiger partial charge in [-0.25, -0.2) is 0 Å². The van der Waals surface area contributed by atoms with Gasteiger partial charge in [0.05, 0.1) is 10.8 Å². The molecule has 0 fully saturated rings. The van der Waals surface area contributed by atoms with Crippen LogP contribution in [0.2, 0.25) is 0 Å². The topological polar surface area (TPSA) is 3.24 Å². The third kappa shape index (κ3) is 6.55. The molecule has 0 bridgehead atoms. The summed E-state index contributed by atoms with van der Waals surface area (Å²) in [5.41, 5.74) is 19.6. The van der Waals surface area contributed by atoms with Gasteiger partial charge < -0.3 is 4.90 Å². The molecule has 11 aromatic rings. The Bertz CT molecular complexity index is 3470. The van der Waals surface area contributed by atoms with Crippen LogP contribution in [0.4, 0.5) is 17.1 Å². The van der Waals surface area contributed by atoms with Crippen LogP contribution in [-0.4, -0.2) is 0 Å². The molecule has 1 heterocycles. The number of hydrogen-bond donors (Lipinski definition) is 0. The molecule has 0 saturated carbocycles. The van der Waals surface area contributed by atoms with Gasteiger partial charge in [0, 0.05) is 32.4 Å². The molecular weight excluding hydrogens is 863 g/mol. The Morgan fingerprint density at radius 1 is 0.271 bits per heavy atom. The molecular formula is C68H47NS. The van der Waals surface area contributed by atoms with Crippen LogP contribution >= 0.6 is 11.8 Å². The van der Waals surface area contributed by atoms with Gasteiger partial charge in [0.15, 0.2) is 0 Å². The lowest BCUT2D eigenvalue weighted by Crippen LogP contribution is -2.34. The predicted octanol–water partition coefficient (Wildman–Crippen LogP) is 17.7. The summed E-state index contributed by atoms with van der Waals surface area (Å²) in [5, 5.41) is 0. The van der Waals surface area contributed by atoms with Crippen molar-refractivity contribution in [2.24, 2.45) is 0 Å². The van der Waals surface area contributed by atoms with E-state index in [0.717, 1.165) is 17.1 Å². The monoisotopic (exact) mass is 909 g/mol. The molecule has 1 aliphatic heterocycles. The lowest BCUT2D eigenvalue weighted by molar-refractivity contribution is 0.699. The Morgan fingerprint density at radius 3 is 1.11 bits per heavy atom. The van der Waals surface area contributed by atoms with Crippen LogP contribution in [0.25, 0.3) is 33.4 Å².